The van der Waals surface area contributed by atoms with E-state index in [1.165, 1.54) is 6.42 Å². The van der Waals surface area contributed by atoms with Gasteiger partial charge in [-0.2, -0.15) is 0 Å². The van der Waals surface area contributed by atoms with Crippen molar-refractivity contribution < 1.29 is 14.6 Å². The van der Waals surface area contributed by atoms with Gasteiger partial charge in [0.1, 0.15) is 11.3 Å². The van der Waals surface area contributed by atoms with Crippen molar-refractivity contribution >= 4 is 16.7 Å². The van der Waals surface area contributed by atoms with E-state index in [0.717, 1.165) is 30.0 Å². The van der Waals surface area contributed by atoms with Gasteiger partial charge in [0.25, 0.3) is 0 Å². The van der Waals surface area contributed by atoms with E-state index >= 15 is 0 Å². The molecule has 2 unspecified atom stereocenters. The lowest BCUT2D eigenvalue weighted by Gasteiger charge is -2.41. The summed E-state index contributed by atoms with van der Waals surface area (Å²) >= 11 is 0. The van der Waals surface area contributed by atoms with E-state index < -0.39 is 5.97 Å². The molecule has 1 fully saturated rings. The standard InChI is InChI=1S/C21H26O3/c1-14(2)21(3)12-6-8-16(13-21)24-19-17-9-5-4-7-15(17)10-11-18(19)20(22)23/h4-5,7,9-11,14,16H,6,8,12-13H2,1-3H3,(H,22,23). The molecule has 2 aromatic carbocycles. The molecule has 0 amide bonds. The summed E-state index contributed by atoms with van der Waals surface area (Å²) in [5, 5.41) is 11.5. The van der Waals surface area contributed by atoms with Crippen molar-refractivity contribution in [1.29, 1.82) is 0 Å². The molecule has 0 saturated heterocycles. The van der Waals surface area contributed by atoms with Gasteiger partial charge >= 0.3 is 5.97 Å². The number of hydrogen-bond acceptors (Lipinski definition) is 2. The molecule has 1 N–H and O–H groups in total. The first-order chi connectivity index (χ1) is 11.4. The van der Waals surface area contributed by atoms with Crippen LogP contribution in [0.2, 0.25) is 0 Å². The van der Waals surface area contributed by atoms with Gasteiger partial charge in [-0.15, -0.1) is 0 Å². The van der Waals surface area contributed by atoms with Gasteiger partial charge in [-0.25, -0.2) is 4.79 Å². The molecular formula is C21H26O3. The number of carboxylic acids is 1. The van der Waals surface area contributed by atoms with E-state index in [2.05, 4.69) is 20.8 Å². The van der Waals surface area contributed by atoms with Crippen LogP contribution in [-0.4, -0.2) is 17.2 Å². The quantitative estimate of drug-likeness (QED) is 0.804. The average molecular weight is 326 g/mol. The maximum Gasteiger partial charge on any atom is 0.339 e. The van der Waals surface area contributed by atoms with Crippen molar-refractivity contribution in [1.82, 2.24) is 0 Å². The van der Waals surface area contributed by atoms with E-state index in [9.17, 15) is 9.90 Å². The monoisotopic (exact) mass is 326 g/mol. The Hall–Kier alpha value is -2.03. The summed E-state index contributed by atoms with van der Waals surface area (Å²) in [5.74, 6) is 0.187. The van der Waals surface area contributed by atoms with Crippen molar-refractivity contribution in [2.24, 2.45) is 11.3 Å². The van der Waals surface area contributed by atoms with E-state index in [1.807, 2.05) is 30.3 Å². The maximum atomic E-state index is 11.7. The van der Waals surface area contributed by atoms with Gasteiger partial charge in [0.05, 0.1) is 6.10 Å². The Kier molecular flexibility index (Phi) is 4.53. The van der Waals surface area contributed by atoms with Gasteiger partial charge in [0.2, 0.25) is 0 Å². The Morgan fingerprint density at radius 2 is 2.00 bits per heavy atom. The molecular weight excluding hydrogens is 300 g/mol. The minimum atomic E-state index is -0.932. The predicted molar refractivity (Wildman–Crippen MR) is 96.7 cm³/mol. The largest absolute Gasteiger partial charge is 0.489 e. The van der Waals surface area contributed by atoms with Gasteiger partial charge in [-0.05, 0) is 48.5 Å². The van der Waals surface area contributed by atoms with Crippen molar-refractivity contribution in [3.63, 3.8) is 0 Å². The van der Waals surface area contributed by atoms with Crippen LogP contribution in [0.5, 0.6) is 5.75 Å². The highest BCUT2D eigenvalue weighted by Gasteiger charge is 2.36. The lowest BCUT2D eigenvalue weighted by atomic mass is 9.67. The molecule has 0 aliphatic heterocycles. The second-order valence-electron chi connectivity index (χ2n) is 7.61. The van der Waals surface area contributed by atoms with E-state index in [1.54, 1.807) is 6.07 Å². The number of benzene rings is 2. The highest BCUT2D eigenvalue weighted by molar-refractivity contribution is 6.00. The molecule has 24 heavy (non-hydrogen) atoms. The average Bonchev–Trinajstić information content (AvgIpc) is 2.55. The number of aromatic carboxylic acids is 1. The molecule has 1 aliphatic rings. The summed E-state index contributed by atoms with van der Waals surface area (Å²) < 4.78 is 6.33. The van der Waals surface area contributed by atoms with Gasteiger partial charge in [0, 0.05) is 5.39 Å². The molecule has 0 radical (unpaired) electrons. The third kappa shape index (κ3) is 3.12. The number of ether oxygens (including phenoxy) is 1. The Balaban J connectivity index is 1.97. The Morgan fingerprint density at radius 3 is 2.71 bits per heavy atom. The highest BCUT2D eigenvalue weighted by atomic mass is 16.5. The Labute approximate surface area is 143 Å². The van der Waals surface area contributed by atoms with Crippen LogP contribution in [0.4, 0.5) is 0 Å². The van der Waals surface area contributed by atoms with E-state index in [0.29, 0.717) is 11.7 Å². The van der Waals surface area contributed by atoms with E-state index in [4.69, 9.17) is 4.74 Å². The zero-order valence-electron chi connectivity index (χ0n) is 14.7. The molecule has 0 heterocycles. The summed E-state index contributed by atoms with van der Waals surface area (Å²) in [7, 11) is 0. The Morgan fingerprint density at radius 1 is 1.25 bits per heavy atom. The third-order valence-corrected chi connectivity index (χ3v) is 5.76. The lowest BCUT2D eigenvalue weighted by molar-refractivity contribution is 0.0435. The molecule has 1 aliphatic carbocycles. The van der Waals surface area contributed by atoms with Gasteiger partial charge in [-0.3, -0.25) is 0 Å². The molecule has 3 nitrogen and oxygen atoms in total. The van der Waals surface area contributed by atoms with Crippen molar-refractivity contribution in [3.05, 3.63) is 42.0 Å². The lowest BCUT2D eigenvalue weighted by Crippen LogP contribution is -2.36. The minimum Gasteiger partial charge on any atom is -0.489 e. The number of rotatable bonds is 4. The summed E-state index contributed by atoms with van der Waals surface area (Å²) in [6.07, 6.45) is 4.39. The molecule has 2 aromatic rings. The van der Waals surface area contributed by atoms with Gasteiger partial charge < -0.3 is 9.84 Å². The SMILES string of the molecule is CC(C)C1(C)CCCC(Oc2c(C(=O)O)ccc3ccccc23)C1. The van der Waals surface area contributed by atoms with Crippen LogP contribution in [0, 0.1) is 11.3 Å². The first-order valence-corrected chi connectivity index (χ1v) is 8.82. The first kappa shape index (κ1) is 16.8. The van der Waals surface area contributed by atoms with Crippen molar-refractivity contribution in [3.8, 4) is 5.75 Å². The smallest absolute Gasteiger partial charge is 0.339 e. The normalized spacial score (nSPS) is 24.2. The fourth-order valence-electron chi connectivity index (χ4n) is 3.79. The van der Waals surface area contributed by atoms with Crippen molar-refractivity contribution in [2.75, 3.05) is 0 Å². The molecule has 0 aromatic heterocycles. The van der Waals surface area contributed by atoms with Crippen molar-refractivity contribution in [2.45, 2.75) is 52.6 Å². The van der Waals surface area contributed by atoms with E-state index in [-0.39, 0.29) is 17.1 Å². The van der Waals surface area contributed by atoms with Crippen LogP contribution < -0.4 is 4.74 Å². The van der Waals surface area contributed by atoms with Crippen LogP contribution in [0.1, 0.15) is 56.8 Å². The molecule has 3 heteroatoms. The van der Waals surface area contributed by atoms with Crippen LogP contribution in [0.3, 0.4) is 0 Å². The molecule has 2 atom stereocenters. The van der Waals surface area contributed by atoms with Crippen LogP contribution in [0.15, 0.2) is 36.4 Å². The molecule has 128 valence electrons. The molecule has 0 spiro atoms. The predicted octanol–water partition coefficient (Wildman–Crippen LogP) is 5.52. The number of carboxylic acid groups (broad SMARTS) is 1. The van der Waals surface area contributed by atoms with Crippen LogP contribution in [-0.2, 0) is 0 Å². The number of fused-ring (bicyclic) bond motifs is 1. The fourth-order valence-corrected chi connectivity index (χ4v) is 3.79. The maximum absolute atomic E-state index is 11.7. The number of carbonyl (C=O) groups is 1. The topological polar surface area (TPSA) is 46.5 Å². The second kappa shape index (κ2) is 6.46. The summed E-state index contributed by atoms with van der Waals surface area (Å²) in [6.45, 7) is 6.86. The minimum absolute atomic E-state index is 0.0788. The summed E-state index contributed by atoms with van der Waals surface area (Å²) in [6, 6.07) is 11.3. The number of hydrogen-bond donors (Lipinski definition) is 1. The third-order valence-electron chi connectivity index (χ3n) is 5.76. The summed E-state index contributed by atoms with van der Waals surface area (Å²) in [5.41, 5.74) is 0.516. The van der Waals surface area contributed by atoms with Crippen LogP contribution in [0.25, 0.3) is 10.8 Å². The zero-order chi connectivity index (χ0) is 17.3. The summed E-state index contributed by atoms with van der Waals surface area (Å²) in [4.78, 5) is 11.7. The molecule has 0 bridgehead atoms. The first-order valence-electron chi connectivity index (χ1n) is 8.82. The van der Waals surface area contributed by atoms with Crippen LogP contribution >= 0.6 is 0 Å². The zero-order valence-corrected chi connectivity index (χ0v) is 14.7. The fraction of sp³-hybridized carbons (Fsp3) is 0.476. The van der Waals surface area contributed by atoms with Gasteiger partial charge in [-0.1, -0.05) is 51.1 Å². The second-order valence-corrected chi connectivity index (χ2v) is 7.61. The highest BCUT2D eigenvalue weighted by Crippen LogP contribution is 2.44. The molecule has 3 rings (SSSR count). The van der Waals surface area contributed by atoms with Gasteiger partial charge in [0.15, 0.2) is 0 Å². The Bertz CT molecular complexity index is 750. The molecule has 1 saturated carbocycles.